The lowest BCUT2D eigenvalue weighted by atomic mass is 9.65. The molecule has 0 radical (unpaired) electrons. The van der Waals surface area contributed by atoms with Crippen LogP contribution in [0.5, 0.6) is 0 Å². The fourth-order valence-electron chi connectivity index (χ4n) is 9.89. The first kappa shape index (κ1) is 29.2. The van der Waals surface area contributed by atoms with Crippen molar-refractivity contribution in [2.24, 2.45) is 23.7 Å². The molecule has 6 fully saturated rings. The number of carbonyl (C=O) groups is 2. The molecule has 3 aliphatic carbocycles. The molecule has 4 heterocycles. The Bertz CT molecular complexity index is 1040. The number of likely N-dealkylation sites (tertiary alicyclic amines) is 1. The van der Waals surface area contributed by atoms with Gasteiger partial charge in [-0.05, 0) is 102 Å². The van der Waals surface area contributed by atoms with Gasteiger partial charge in [0.15, 0.2) is 5.78 Å². The molecule has 3 saturated carbocycles. The van der Waals surface area contributed by atoms with E-state index in [1.807, 2.05) is 6.20 Å². The van der Waals surface area contributed by atoms with Gasteiger partial charge in [-0.2, -0.15) is 0 Å². The van der Waals surface area contributed by atoms with Gasteiger partial charge < -0.3 is 30.5 Å². The van der Waals surface area contributed by atoms with Gasteiger partial charge in [0.25, 0.3) is 5.91 Å². The van der Waals surface area contributed by atoms with Gasteiger partial charge in [-0.1, -0.05) is 25.7 Å². The number of carbonyl (C=O) groups excluding carboxylic acids is 2. The Balaban J connectivity index is 1.13. The fraction of sp³-hybridized carbons (Fsp3) is 0.879. The topological polar surface area (TPSA) is 85.9 Å². The minimum Gasteiger partial charge on any atom is -0.369 e. The van der Waals surface area contributed by atoms with E-state index < -0.39 is 18.1 Å². The Kier molecular flexibility index (Phi) is 8.65. The van der Waals surface area contributed by atoms with E-state index in [2.05, 4.69) is 32.8 Å². The third-order valence-corrected chi connectivity index (χ3v) is 12.2. The number of morpholine rings is 1. The second-order valence-corrected chi connectivity index (χ2v) is 14.7. The van der Waals surface area contributed by atoms with Crippen LogP contribution >= 0.6 is 0 Å². The highest BCUT2D eigenvalue weighted by atomic mass is 19.1. The highest BCUT2D eigenvalue weighted by molar-refractivity contribution is 6.20. The van der Waals surface area contributed by atoms with Crippen LogP contribution in [0.4, 0.5) is 4.39 Å². The zero-order valence-electron chi connectivity index (χ0n) is 25.4. The van der Waals surface area contributed by atoms with E-state index in [0.717, 1.165) is 64.7 Å². The number of fused-ring (bicyclic) bond motifs is 3. The van der Waals surface area contributed by atoms with Crippen molar-refractivity contribution in [1.29, 1.82) is 0 Å². The van der Waals surface area contributed by atoms with E-state index in [-0.39, 0.29) is 48.0 Å². The molecule has 0 aromatic heterocycles. The number of nitrogens with zero attached hydrogens (tertiary/aromatic N) is 2. The highest BCUT2D eigenvalue weighted by Crippen LogP contribution is 2.50. The molecule has 4 aliphatic heterocycles. The lowest BCUT2D eigenvalue weighted by Crippen LogP contribution is -2.73. The Morgan fingerprint density at radius 3 is 2.69 bits per heavy atom. The van der Waals surface area contributed by atoms with Crippen molar-refractivity contribution in [3.63, 3.8) is 0 Å². The number of hydrogen-bond acceptors (Lipinski definition) is 7. The molecule has 0 bridgehead atoms. The van der Waals surface area contributed by atoms with Gasteiger partial charge in [-0.15, -0.1) is 0 Å². The van der Waals surface area contributed by atoms with Gasteiger partial charge in [-0.25, -0.2) is 4.39 Å². The number of amides is 1. The van der Waals surface area contributed by atoms with Crippen molar-refractivity contribution >= 4 is 11.7 Å². The van der Waals surface area contributed by atoms with Crippen LogP contribution in [-0.2, 0) is 14.3 Å². The molecule has 42 heavy (non-hydrogen) atoms. The number of ether oxygens (including phenoxy) is 1. The minimum atomic E-state index is -1.18. The normalized spacial score (nSPS) is 43.7. The van der Waals surface area contributed by atoms with E-state index in [1.54, 1.807) is 0 Å². The molecule has 9 heteroatoms. The van der Waals surface area contributed by atoms with Crippen molar-refractivity contribution in [1.82, 2.24) is 25.8 Å². The summed E-state index contributed by atoms with van der Waals surface area (Å²) in [6.07, 6.45) is 13.2. The van der Waals surface area contributed by atoms with Crippen LogP contribution in [0.1, 0.15) is 77.0 Å². The van der Waals surface area contributed by atoms with E-state index in [9.17, 15) is 9.59 Å². The Labute approximate surface area is 250 Å². The average molecular weight is 586 g/mol. The molecule has 0 aromatic carbocycles. The maximum atomic E-state index is 16.1. The molecule has 11 unspecified atom stereocenters. The monoisotopic (exact) mass is 585 g/mol. The van der Waals surface area contributed by atoms with Crippen molar-refractivity contribution in [2.75, 3.05) is 39.8 Å². The predicted octanol–water partition coefficient (Wildman–Crippen LogP) is 2.78. The summed E-state index contributed by atoms with van der Waals surface area (Å²) in [6.45, 7) is 4.45. The molecular formula is C33H52FN5O3. The van der Waals surface area contributed by atoms with Gasteiger partial charge in [-0.3, -0.25) is 9.59 Å². The van der Waals surface area contributed by atoms with Crippen molar-refractivity contribution in [2.45, 2.75) is 120 Å². The summed E-state index contributed by atoms with van der Waals surface area (Å²) in [4.78, 5) is 32.2. The molecule has 234 valence electrons. The van der Waals surface area contributed by atoms with Gasteiger partial charge in [0.1, 0.15) is 6.17 Å². The maximum absolute atomic E-state index is 16.1. The number of hydrogen-bond donors (Lipinski definition) is 3. The largest absolute Gasteiger partial charge is 0.369 e. The first-order chi connectivity index (χ1) is 20.5. The second kappa shape index (κ2) is 12.4. The molecule has 7 aliphatic rings. The Morgan fingerprint density at radius 1 is 1.10 bits per heavy atom. The Morgan fingerprint density at radius 2 is 1.93 bits per heavy atom. The van der Waals surface area contributed by atoms with Crippen LogP contribution in [0.15, 0.2) is 11.8 Å². The summed E-state index contributed by atoms with van der Waals surface area (Å²) >= 11 is 0. The number of ketones is 1. The quantitative estimate of drug-likeness (QED) is 0.396. The van der Waals surface area contributed by atoms with E-state index in [1.165, 1.54) is 32.1 Å². The average Bonchev–Trinajstić information content (AvgIpc) is 3.41. The van der Waals surface area contributed by atoms with Crippen LogP contribution in [0.2, 0.25) is 0 Å². The molecule has 0 aromatic rings. The third-order valence-electron chi connectivity index (χ3n) is 12.2. The molecule has 1 amide bonds. The number of Topliss-reactive ketones (excluding diaryl/α,β-unsaturated/α-hetero) is 1. The SMILES string of the molecule is CN1CCCC1CCNC(=O)C1=CN2C3CC4CCCCC4CC3OC3C(NCC4CCCNC4)C(F)CC(C1=O)C32. The van der Waals surface area contributed by atoms with Gasteiger partial charge in [0.2, 0.25) is 0 Å². The summed E-state index contributed by atoms with van der Waals surface area (Å²) in [6, 6.07) is -0.00985. The smallest absolute Gasteiger partial charge is 0.256 e. The van der Waals surface area contributed by atoms with E-state index >= 15 is 4.39 Å². The van der Waals surface area contributed by atoms with Crippen molar-refractivity contribution in [3.8, 4) is 0 Å². The lowest BCUT2D eigenvalue weighted by Gasteiger charge is -2.61. The summed E-state index contributed by atoms with van der Waals surface area (Å²) in [5.41, 5.74) is 0.230. The van der Waals surface area contributed by atoms with Crippen molar-refractivity contribution in [3.05, 3.63) is 11.8 Å². The van der Waals surface area contributed by atoms with Crippen LogP contribution in [-0.4, -0.2) is 104 Å². The molecule has 7 rings (SSSR count). The van der Waals surface area contributed by atoms with Crippen LogP contribution in [0.25, 0.3) is 0 Å². The van der Waals surface area contributed by atoms with Crippen LogP contribution in [0.3, 0.4) is 0 Å². The second-order valence-electron chi connectivity index (χ2n) is 14.7. The fourth-order valence-corrected chi connectivity index (χ4v) is 9.89. The van der Waals surface area contributed by atoms with Crippen molar-refractivity contribution < 1.29 is 18.7 Å². The minimum absolute atomic E-state index is 0.0175. The predicted molar refractivity (Wildman–Crippen MR) is 160 cm³/mol. The highest BCUT2D eigenvalue weighted by Gasteiger charge is 2.59. The summed E-state index contributed by atoms with van der Waals surface area (Å²) in [5.74, 6) is 0.810. The number of nitrogens with one attached hydrogen (secondary N) is 3. The number of alkyl halides is 1. The maximum Gasteiger partial charge on any atom is 0.256 e. The lowest BCUT2D eigenvalue weighted by molar-refractivity contribution is -0.208. The van der Waals surface area contributed by atoms with Crippen LogP contribution in [0, 0.1) is 23.7 Å². The summed E-state index contributed by atoms with van der Waals surface area (Å²) in [7, 11) is 2.14. The first-order valence-electron chi connectivity index (χ1n) is 17.2. The van der Waals surface area contributed by atoms with Gasteiger partial charge in [0.05, 0.1) is 35.9 Å². The molecule has 11 atom stereocenters. The number of halogens is 1. The van der Waals surface area contributed by atoms with Gasteiger partial charge in [0, 0.05) is 24.7 Å². The zero-order chi connectivity index (χ0) is 28.8. The molecular weight excluding hydrogens is 533 g/mol. The first-order valence-corrected chi connectivity index (χ1v) is 17.2. The van der Waals surface area contributed by atoms with E-state index in [4.69, 9.17) is 4.74 Å². The van der Waals surface area contributed by atoms with Gasteiger partial charge >= 0.3 is 0 Å². The Hall–Kier alpha value is -1.55. The summed E-state index contributed by atoms with van der Waals surface area (Å²) in [5, 5.41) is 10.1. The van der Waals surface area contributed by atoms with E-state index in [0.29, 0.717) is 30.3 Å². The molecule has 3 saturated heterocycles. The summed E-state index contributed by atoms with van der Waals surface area (Å²) < 4.78 is 23.0. The van der Waals surface area contributed by atoms with Crippen LogP contribution < -0.4 is 16.0 Å². The number of piperidine rings is 1. The standard InChI is InChI=1S/C33H52FN5O3/c1-38-13-5-9-23(38)10-12-36-33(41)25-19-39-27-14-21-7-2-3-8-22(21)15-28(27)42-32-29(37-18-20-6-4-11-35-17-20)26(34)16-24(30(32)39)31(25)40/h19-24,26-30,32,35,37H,2-18H2,1H3,(H,36,41). The molecule has 8 nitrogen and oxygen atoms in total. The number of rotatable bonds is 7. The third kappa shape index (κ3) is 5.56. The zero-order valence-corrected chi connectivity index (χ0v) is 25.4. The molecule has 0 spiro atoms. The molecule has 3 N–H and O–H groups in total.